The van der Waals surface area contributed by atoms with Crippen molar-refractivity contribution in [3.05, 3.63) is 24.0 Å². The lowest BCUT2D eigenvalue weighted by atomic mass is 9.84. The SMILES string of the molecule is Fc1ccc2c(NC3CN4CCC3CC4)noc2c1. The average molecular weight is 261 g/mol. The summed E-state index contributed by atoms with van der Waals surface area (Å²) in [6, 6.07) is 4.98. The maximum Gasteiger partial charge on any atom is 0.177 e. The molecule has 3 saturated heterocycles. The Morgan fingerprint density at radius 2 is 2.16 bits per heavy atom. The summed E-state index contributed by atoms with van der Waals surface area (Å²) in [4.78, 5) is 2.49. The van der Waals surface area contributed by atoms with Gasteiger partial charge in [0.25, 0.3) is 0 Å². The number of anilines is 1. The average Bonchev–Trinajstić information content (AvgIpc) is 2.82. The van der Waals surface area contributed by atoms with Crippen LogP contribution < -0.4 is 5.32 Å². The molecule has 100 valence electrons. The Bertz CT molecular complexity index is 604. The first kappa shape index (κ1) is 11.2. The van der Waals surface area contributed by atoms with Gasteiger partial charge in [-0.05, 0) is 44.0 Å². The fourth-order valence-electron chi connectivity index (χ4n) is 3.32. The van der Waals surface area contributed by atoms with E-state index in [2.05, 4.69) is 15.4 Å². The number of benzene rings is 1. The maximum atomic E-state index is 13.1. The molecule has 2 bridgehead atoms. The largest absolute Gasteiger partial charge is 0.362 e. The first-order valence-corrected chi connectivity index (χ1v) is 6.83. The van der Waals surface area contributed by atoms with E-state index in [4.69, 9.17) is 4.52 Å². The minimum Gasteiger partial charge on any atom is -0.362 e. The monoisotopic (exact) mass is 261 g/mol. The fourth-order valence-corrected chi connectivity index (χ4v) is 3.32. The van der Waals surface area contributed by atoms with Gasteiger partial charge in [0.1, 0.15) is 5.82 Å². The second kappa shape index (κ2) is 4.20. The first-order chi connectivity index (χ1) is 9.29. The van der Waals surface area contributed by atoms with Gasteiger partial charge in [0.05, 0.1) is 5.39 Å². The summed E-state index contributed by atoms with van der Waals surface area (Å²) in [5.41, 5.74) is 0.503. The van der Waals surface area contributed by atoms with Crippen molar-refractivity contribution in [2.45, 2.75) is 18.9 Å². The summed E-state index contributed by atoms with van der Waals surface area (Å²) in [6.45, 7) is 3.50. The van der Waals surface area contributed by atoms with Gasteiger partial charge < -0.3 is 14.7 Å². The van der Waals surface area contributed by atoms with E-state index in [-0.39, 0.29) is 5.82 Å². The summed E-state index contributed by atoms with van der Waals surface area (Å²) >= 11 is 0. The molecule has 0 saturated carbocycles. The minimum atomic E-state index is -0.293. The molecule has 3 aliphatic rings. The Kier molecular flexibility index (Phi) is 2.48. The van der Waals surface area contributed by atoms with Crippen LogP contribution in [-0.4, -0.2) is 35.7 Å². The van der Waals surface area contributed by atoms with Crippen molar-refractivity contribution in [3.63, 3.8) is 0 Å². The topological polar surface area (TPSA) is 41.3 Å². The number of aromatic nitrogens is 1. The molecule has 3 aliphatic heterocycles. The second-order valence-corrected chi connectivity index (χ2v) is 5.56. The van der Waals surface area contributed by atoms with E-state index in [0.29, 0.717) is 11.6 Å². The predicted molar refractivity (Wildman–Crippen MR) is 70.5 cm³/mol. The third kappa shape index (κ3) is 1.89. The molecule has 19 heavy (non-hydrogen) atoms. The van der Waals surface area contributed by atoms with E-state index in [0.717, 1.165) is 23.7 Å². The number of nitrogens with one attached hydrogen (secondary N) is 1. The highest BCUT2D eigenvalue weighted by Gasteiger charge is 2.34. The van der Waals surface area contributed by atoms with Crippen LogP contribution in [0.15, 0.2) is 22.7 Å². The quantitative estimate of drug-likeness (QED) is 0.901. The van der Waals surface area contributed by atoms with Crippen molar-refractivity contribution in [2.24, 2.45) is 5.92 Å². The molecule has 1 atom stereocenters. The molecule has 0 spiro atoms. The Balaban J connectivity index is 1.61. The van der Waals surface area contributed by atoms with Gasteiger partial charge in [-0.1, -0.05) is 5.16 Å². The second-order valence-electron chi connectivity index (χ2n) is 5.56. The summed E-state index contributed by atoms with van der Waals surface area (Å²) in [6.07, 6.45) is 2.50. The maximum absolute atomic E-state index is 13.1. The predicted octanol–water partition coefficient (Wildman–Crippen LogP) is 2.47. The Labute approximate surface area is 110 Å². The molecule has 1 N–H and O–H groups in total. The van der Waals surface area contributed by atoms with Gasteiger partial charge in [-0.15, -0.1) is 0 Å². The highest BCUT2D eigenvalue weighted by Crippen LogP contribution is 2.31. The number of piperidine rings is 3. The summed E-state index contributed by atoms with van der Waals surface area (Å²) < 4.78 is 18.3. The molecular formula is C14H16FN3O. The van der Waals surface area contributed by atoms with Gasteiger partial charge in [-0.3, -0.25) is 0 Å². The normalized spacial score (nSPS) is 29.8. The number of hydrogen-bond acceptors (Lipinski definition) is 4. The molecule has 4 nitrogen and oxygen atoms in total. The number of nitrogens with zero attached hydrogens (tertiary/aromatic N) is 2. The van der Waals surface area contributed by atoms with Gasteiger partial charge in [-0.25, -0.2) is 4.39 Å². The minimum absolute atomic E-state index is 0.293. The third-order valence-electron chi connectivity index (χ3n) is 4.41. The highest BCUT2D eigenvalue weighted by molar-refractivity contribution is 5.88. The smallest absolute Gasteiger partial charge is 0.177 e. The zero-order chi connectivity index (χ0) is 12.8. The molecule has 1 unspecified atom stereocenters. The number of fused-ring (bicyclic) bond motifs is 4. The van der Waals surface area contributed by atoms with Crippen LogP contribution in [0.4, 0.5) is 10.2 Å². The Hall–Kier alpha value is -1.62. The van der Waals surface area contributed by atoms with Crippen LogP contribution in [0.5, 0.6) is 0 Å². The molecule has 4 heterocycles. The summed E-state index contributed by atoms with van der Waals surface area (Å²) in [7, 11) is 0. The van der Waals surface area contributed by atoms with Crippen LogP contribution >= 0.6 is 0 Å². The van der Waals surface area contributed by atoms with Crippen LogP contribution in [0.1, 0.15) is 12.8 Å². The number of rotatable bonds is 2. The van der Waals surface area contributed by atoms with Gasteiger partial charge in [-0.2, -0.15) is 0 Å². The standard InChI is InChI=1S/C14H16FN3O/c15-10-1-2-11-13(7-10)19-17-14(11)16-12-8-18-5-3-9(12)4-6-18/h1-2,7,9,12H,3-6,8H2,(H,16,17). The third-order valence-corrected chi connectivity index (χ3v) is 4.41. The fraction of sp³-hybridized carbons (Fsp3) is 0.500. The van der Waals surface area contributed by atoms with Crippen molar-refractivity contribution in [1.29, 1.82) is 0 Å². The molecule has 0 radical (unpaired) electrons. The molecule has 5 rings (SSSR count). The van der Waals surface area contributed by atoms with E-state index in [1.54, 1.807) is 6.07 Å². The first-order valence-electron chi connectivity index (χ1n) is 6.83. The Morgan fingerprint density at radius 3 is 2.89 bits per heavy atom. The van der Waals surface area contributed by atoms with Crippen molar-refractivity contribution < 1.29 is 8.91 Å². The van der Waals surface area contributed by atoms with Crippen molar-refractivity contribution in [1.82, 2.24) is 10.1 Å². The van der Waals surface area contributed by atoms with Crippen LogP contribution in [0.25, 0.3) is 11.0 Å². The number of halogens is 1. The van der Waals surface area contributed by atoms with Crippen molar-refractivity contribution in [2.75, 3.05) is 25.0 Å². The van der Waals surface area contributed by atoms with Gasteiger partial charge >= 0.3 is 0 Å². The number of hydrogen-bond donors (Lipinski definition) is 1. The zero-order valence-electron chi connectivity index (χ0n) is 10.6. The van der Waals surface area contributed by atoms with Gasteiger partial charge in [0, 0.05) is 18.7 Å². The zero-order valence-corrected chi connectivity index (χ0v) is 10.6. The molecule has 0 aliphatic carbocycles. The van der Waals surface area contributed by atoms with Crippen LogP contribution in [0.2, 0.25) is 0 Å². The van der Waals surface area contributed by atoms with Crippen LogP contribution in [0.3, 0.4) is 0 Å². The van der Waals surface area contributed by atoms with E-state index >= 15 is 0 Å². The lowest BCUT2D eigenvalue weighted by Crippen LogP contribution is -2.53. The van der Waals surface area contributed by atoms with Crippen molar-refractivity contribution in [3.8, 4) is 0 Å². The van der Waals surface area contributed by atoms with E-state index in [1.807, 2.05) is 0 Å². The van der Waals surface area contributed by atoms with Crippen molar-refractivity contribution >= 4 is 16.8 Å². The van der Waals surface area contributed by atoms with E-state index < -0.39 is 0 Å². The van der Waals surface area contributed by atoms with Gasteiger partial charge in [0.15, 0.2) is 11.4 Å². The van der Waals surface area contributed by atoms with E-state index in [1.165, 1.54) is 38.1 Å². The molecular weight excluding hydrogens is 245 g/mol. The molecule has 0 amide bonds. The molecule has 5 heteroatoms. The molecule has 1 aromatic heterocycles. The molecule has 1 aromatic carbocycles. The van der Waals surface area contributed by atoms with Crippen LogP contribution in [0, 0.1) is 11.7 Å². The molecule has 3 fully saturated rings. The molecule has 2 aromatic rings. The Morgan fingerprint density at radius 1 is 1.32 bits per heavy atom. The van der Waals surface area contributed by atoms with Crippen LogP contribution in [-0.2, 0) is 0 Å². The lowest BCUT2D eigenvalue weighted by molar-refractivity contribution is 0.0973. The van der Waals surface area contributed by atoms with Gasteiger partial charge in [0.2, 0.25) is 0 Å². The summed E-state index contributed by atoms with van der Waals surface area (Å²) in [5, 5.41) is 8.39. The summed E-state index contributed by atoms with van der Waals surface area (Å²) in [5.74, 6) is 1.17. The highest BCUT2D eigenvalue weighted by atomic mass is 19.1. The van der Waals surface area contributed by atoms with E-state index in [9.17, 15) is 4.39 Å². The lowest BCUT2D eigenvalue weighted by Gasteiger charge is -2.44.